The second kappa shape index (κ2) is 12.4. The quantitative estimate of drug-likeness (QED) is 0.425. The lowest BCUT2D eigenvalue weighted by Gasteiger charge is -2.33. The van der Waals surface area contributed by atoms with E-state index in [1.807, 2.05) is 38.1 Å². The number of carbonyl (C=O) groups is 2. The van der Waals surface area contributed by atoms with Crippen LogP contribution in [0, 0.1) is 6.92 Å². The zero-order valence-electron chi connectivity index (χ0n) is 19.3. The fourth-order valence-electron chi connectivity index (χ4n) is 4.25. The topological polar surface area (TPSA) is 58.6 Å². The van der Waals surface area contributed by atoms with Crippen LogP contribution >= 0.6 is 27.5 Å². The summed E-state index contributed by atoms with van der Waals surface area (Å²) >= 11 is 9.43. The summed E-state index contributed by atoms with van der Waals surface area (Å²) in [5.41, 5.74) is 2.10. The van der Waals surface area contributed by atoms with E-state index in [-0.39, 0.29) is 24.5 Å². The van der Waals surface area contributed by atoms with Crippen LogP contribution in [0.5, 0.6) is 5.75 Å². The van der Waals surface area contributed by atoms with Gasteiger partial charge in [0.15, 0.2) is 6.61 Å². The zero-order valence-corrected chi connectivity index (χ0v) is 21.6. The molecule has 2 aromatic rings. The van der Waals surface area contributed by atoms with Gasteiger partial charge >= 0.3 is 0 Å². The van der Waals surface area contributed by atoms with Crippen molar-refractivity contribution in [3.05, 3.63) is 63.1 Å². The molecule has 33 heavy (non-hydrogen) atoms. The van der Waals surface area contributed by atoms with Gasteiger partial charge in [0.1, 0.15) is 11.8 Å². The largest absolute Gasteiger partial charge is 0.483 e. The molecule has 0 radical (unpaired) electrons. The molecule has 1 atom stereocenters. The first-order valence-corrected chi connectivity index (χ1v) is 12.8. The Morgan fingerprint density at radius 2 is 1.91 bits per heavy atom. The number of nitrogens with one attached hydrogen (secondary N) is 1. The monoisotopic (exact) mass is 534 g/mol. The molecule has 1 aliphatic rings. The van der Waals surface area contributed by atoms with E-state index in [0.29, 0.717) is 28.2 Å². The minimum absolute atomic E-state index is 0.0843. The van der Waals surface area contributed by atoms with Crippen molar-refractivity contribution in [3.63, 3.8) is 0 Å². The van der Waals surface area contributed by atoms with Crippen molar-refractivity contribution in [3.8, 4) is 5.75 Å². The third-order valence-corrected chi connectivity index (χ3v) is 7.04. The van der Waals surface area contributed by atoms with E-state index in [9.17, 15) is 9.59 Å². The standard InChI is InChI=1S/C26H32BrClN2O3/c1-3-23(26(32)29-21-11-5-4-6-12-21)30(16-19-10-8-7-9-18(19)2)25(31)17-33-24-14-13-20(28)15-22(24)27/h7-10,13-15,21,23H,3-6,11-12,16-17H2,1-2H3,(H,29,32)/t23-/m1/s1. The van der Waals surface area contributed by atoms with Gasteiger partial charge in [-0.2, -0.15) is 0 Å². The number of amides is 2. The molecule has 7 heteroatoms. The van der Waals surface area contributed by atoms with E-state index < -0.39 is 6.04 Å². The maximum atomic E-state index is 13.4. The van der Waals surface area contributed by atoms with Gasteiger partial charge in [-0.05, 0) is 71.4 Å². The van der Waals surface area contributed by atoms with Gasteiger partial charge < -0.3 is 15.0 Å². The van der Waals surface area contributed by atoms with Crippen LogP contribution in [-0.4, -0.2) is 35.4 Å². The van der Waals surface area contributed by atoms with Gasteiger partial charge in [0.2, 0.25) is 5.91 Å². The zero-order chi connectivity index (χ0) is 23.8. The summed E-state index contributed by atoms with van der Waals surface area (Å²) in [5.74, 6) is 0.216. The fourth-order valence-corrected chi connectivity index (χ4v) is 5.05. The third kappa shape index (κ3) is 7.21. The van der Waals surface area contributed by atoms with Gasteiger partial charge in [-0.3, -0.25) is 9.59 Å². The van der Waals surface area contributed by atoms with Crippen molar-refractivity contribution in [1.29, 1.82) is 0 Å². The number of hydrogen-bond acceptors (Lipinski definition) is 3. The van der Waals surface area contributed by atoms with E-state index in [2.05, 4.69) is 21.2 Å². The molecular weight excluding hydrogens is 504 g/mol. The van der Waals surface area contributed by atoms with Crippen molar-refractivity contribution in [2.45, 2.75) is 71.0 Å². The lowest BCUT2D eigenvalue weighted by molar-refractivity contribution is -0.143. The Bertz CT molecular complexity index is 962. The summed E-state index contributed by atoms with van der Waals surface area (Å²) in [6.07, 6.45) is 6.03. The highest BCUT2D eigenvalue weighted by molar-refractivity contribution is 9.10. The summed E-state index contributed by atoms with van der Waals surface area (Å²) in [6.45, 7) is 4.15. The van der Waals surface area contributed by atoms with Crippen LogP contribution in [0.25, 0.3) is 0 Å². The van der Waals surface area contributed by atoms with Gasteiger partial charge in [-0.1, -0.05) is 62.1 Å². The molecule has 1 N–H and O–H groups in total. The molecule has 1 fully saturated rings. The normalized spacial score (nSPS) is 15.0. The molecule has 0 unspecified atom stereocenters. The molecule has 3 rings (SSSR count). The molecule has 0 saturated heterocycles. The molecule has 0 bridgehead atoms. The number of nitrogens with zero attached hydrogens (tertiary/aromatic N) is 1. The van der Waals surface area contributed by atoms with Gasteiger partial charge in [0.25, 0.3) is 5.91 Å². The summed E-state index contributed by atoms with van der Waals surface area (Å²) in [7, 11) is 0. The summed E-state index contributed by atoms with van der Waals surface area (Å²) < 4.78 is 6.47. The van der Waals surface area contributed by atoms with Crippen LogP contribution in [-0.2, 0) is 16.1 Å². The highest BCUT2D eigenvalue weighted by Gasteiger charge is 2.31. The van der Waals surface area contributed by atoms with Crippen molar-refractivity contribution in [1.82, 2.24) is 10.2 Å². The van der Waals surface area contributed by atoms with Crippen LogP contribution in [0.3, 0.4) is 0 Å². The van der Waals surface area contributed by atoms with Gasteiger partial charge in [0.05, 0.1) is 4.47 Å². The number of benzene rings is 2. The molecule has 0 aliphatic heterocycles. The minimum atomic E-state index is -0.559. The van der Waals surface area contributed by atoms with Crippen LogP contribution in [0.2, 0.25) is 5.02 Å². The SMILES string of the molecule is CC[C@H](C(=O)NC1CCCCC1)N(Cc1ccccc1C)C(=O)COc1ccc(Cl)cc1Br. The lowest BCUT2D eigenvalue weighted by atomic mass is 9.95. The number of halogens is 2. The Labute approximate surface area is 210 Å². The number of ether oxygens (including phenoxy) is 1. The van der Waals surface area contributed by atoms with Crippen LogP contribution < -0.4 is 10.1 Å². The average Bonchev–Trinajstić information content (AvgIpc) is 2.80. The first-order chi connectivity index (χ1) is 15.9. The molecule has 2 aromatic carbocycles. The van der Waals surface area contributed by atoms with Crippen molar-refractivity contribution < 1.29 is 14.3 Å². The lowest BCUT2D eigenvalue weighted by Crippen LogP contribution is -2.52. The second-order valence-electron chi connectivity index (χ2n) is 8.58. The summed E-state index contributed by atoms with van der Waals surface area (Å²) in [5, 5.41) is 3.78. The Morgan fingerprint density at radius 3 is 2.58 bits per heavy atom. The fraction of sp³-hybridized carbons (Fsp3) is 0.462. The Kier molecular flexibility index (Phi) is 9.63. The Morgan fingerprint density at radius 1 is 1.18 bits per heavy atom. The molecule has 0 spiro atoms. The molecule has 0 heterocycles. The van der Waals surface area contributed by atoms with Crippen LogP contribution in [0.4, 0.5) is 0 Å². The van der Waals surface area contributed by atoms with Gasteiger partial charge in [0, 0.05) is 17.6 Å². The maximum Gasteiger partial charge on any atom is 0.261 e. The van der Waals surface area contributed by atoms with Gasteiger partial charge in [-0.15, -0.1) is 0 Å². The molecule has 2 amide bonds. The summed E-state index contributed by atoms with van der Waals surface area (Å²) in [6, 6.07) is 12.7. The van der Waals surface area contributed by atoms with E-state index >= 15 is 0 Å². The predicted octanol–water partition coefficient (Wildman–Crippen LogP) is 6.05. The van der Waals surface area contributed by atoms with E-state index in [4.69, 9.17) is 16.3 Å². The highest BCUT2D eigenvalue weighted by atomic mass is 79.9. The molecule has 178 valence electrons. The number of rotatable bonds is 9. The second-order valence-corrected chi connectivity index (χ2v) is 9.87. The number of aryl methyl sites for hydroxylation is 1. The highest BCUT2D eigenvalue weighted by Crippen LogP contribution is 2.28. The summed E-state index contributed by atoms with van der Waals surface area (Å²) in [4.78, 5) is 28.3. The molecule has 0 aromatic heterocycles. The number of carbonyl (C=O) groups excluding carboxylic acids is 2. The Balaban J connectivity index is 1.78. The van der Waals surface area contributed by atoms with Crippen molar-refractivity contribution in [2.75, 3.05) is 6.61 Å². The number of hydrogen-bond donors (Lipinski definition) is 1. The molecule has 1 saturated carbocycles. The van der Waals surface area contributed by atoms with E-state index in [1.54, 1.807) is 23.1 Å². The van der Waals surface area contributed by atoms with Crippen molar-refractivity contribution in [2.24, 2.45) is 0 Å². The third-order valence-electron chi connectivity index (χ3n) is 6.18. The molecule has 1 aliphatic carbocycles. The van der Waals surface area contributed by atoms with Crippen molar-refractivity contribution >= 4 is 39.3 Å². The predicted molar refractivity (Wildman–Crippen MR) is 135 cm³/mol. The molecular formula is C26H32BrClN2O3. The first kappa shape index (κ1) is 25.6. The maximum absolute atomic E-state index is 13.4. The minimum Gasteiger partial charge on any atom is -0.483 e. The smallest absolute Gasteiger partial charge is 0.261 e. The average molecular weight is 536 g/mol. The van der Waals surface area contributed by atoms with E-state index in [1.165, 1.54) is 6.42 Å². The van der Waals surface area contributed by atoms with E-state index in [0.717, 1.165) is 36.8 Å². The van der Waals surface area contributed by atoms with Crippen LogP contribution in [0.15, 0.2) is 46.9 Å². The Hall–Kier alpha value is -2.05. The van der Waals surface area contributed by atoms with Gasteiger partial charge in [-0.25, -0.2) is 0 Å². The first-order valence-electron chi connectivity index (χ1n) is 11.6. The molecule has 5 nitrogen and oxygen atoms in total. The van der Waals surface area contributed by atoms with Crippen LogP contribution in [0.1, 0.15) is 56.6 Å².